The molecule has 1 nitrogen and oxygen atoms in total. The maximum Gasteiger partial charge on any atom is 0.118 e. The number of hydrogen-bond donors (Lipinski definition) is 1. The lowest BCUT2D eigenvalue weighted by molar-refractivity contribution is 0.181. The molecule has 0 aliphatic heterocycles. The average Bonchev–Trinajstić information content (AvgIpc) is 1.97. The third kappa shape index (κ3) is 5.10. The predicted molar refractivity (Wildman–Crippen MR) is 45.2 cm³/mol. The monoisotopic (exact) mass is 146 g/mol. The van der Waals surface area contributed by atoms with E-state index in [1.165, 1.54) is 0 Å². The molecule has 0 saturated heterocycles. The van der Waals surface area contributed by atoms with Gasteiger partial charge in [-0.3, -0.25) is 0 Å². The van der Waals surface area contributed by atoms with Crippen LogP contribution in [0, 0.1) is 41.9 Å². The molecule has 0 spiro atoms. The lowest BCUT2D eigenvalue weighted by atomic mass is 10.1. The Morgan fingerprint density at radius 3 is 2.27 bits per heavy atom. The molecular weight excluding hydrogens is 136 g/mol. The minimum absolute atomic E-state index is 0.134. The number of aliphatic hydroxyl groups is 1. The molecule has 0 heterocycles. The summed E-state index contributed by atoms with van der Waals surface area (Å²) >= 11 is 0. The molecule has 1 N–H and O–H groups in total. The predicted octanol–water partition coefficient (Wildman–Crippen LogP) is 0.643. The van der Waals surface area contributed by atoms with Crippen LogP contribution in [-0.2, 0) is 0 Å². The highest BCUT2D eigenvalue weighted by atomic mass is 16.3. The number of terminal acetylenes is 1. The first kappa shape index (κ1) is 9.64. The summed E-state index contributed by atoms with van der Waals surface area (Å²) in [6, 6.07) is 0. The molecule has 56 valence electrons. The Labute approximate surface area is 67.8 Å². The van der Waals surface area contributed by atoms with E-state index < -0.39 is 6.10 Å². The molecule has 0 fully saturated rings. The Morgan fingerprint density at radius 2 is 1.82 bits per heavy atom. The van der Waals surface area contributed by atoms with Crippen LogP contribution in [0.3, 0.4) is 0 Å². The van der Waals surface area contributed by atoms with Crippen LogP contribution in [0.5, 0.6) is 0 Å². The second-order valence-corrected chi connectivity index (χ2v) is 2.35. The summed E-state index contributed by atoms with van der Waals surface area (Å²) in [5, 5.41) is 9.13. The van der Waals surface area contributed by atoms with E-state index in [1.54, 1.807) is 0 Å². The maximum atomic E-state index is 9.13. The second kappa shape index (κ2) is 5.43. The zero-order chi connectivity index (χ0) is 8.69. The lowest BCUT2D eigenvalue weighted by Gasteiger charge is -2.04. The van der Waals surface area contributed by atoms with Gasteiger partial charge in [0.05, 0.1) is 0 Å². The highest BCUT2D eigenvalue weighted by Crippen LogP contribution is 1.97. The van der Waals surface area contributed by atoms with Crippen molar-refractivity contribution in [1.29, 1.82) is 0 Å². The molecular formula is C10H10O. The van der Waals surface area contributed by atoms with Gasteiger partial charge in [0.15, 0.2) is 0 Å². The second-order valence-electron chi connectivity index (χ2n) is 2.35. The van der Waals surface area contributed by atoms with Crippen LogP contribution in [0.15, 0.2) is 0 Å². The molecule has 0 aromatic heterocycles. The van der Waals surface area contributed by atoms with E-state index in [0.29, 0.717) is 0 Å². The van der Waals surface area contributed by atoms with Gasteiger partial charge < -0.3 is 5.11 Å². The Bertz CT molecular complexity index is 259. The van der Waals surface area contributed by atoms with Crippen LogP contribution in [0.25, 0.3) is 0 Å². The highest BCUT2D eigenvalue weighted by molar-refractivity contribution is 5.34. The summed E-state index contributed by atoms with van der Waals surface area (Å²) in [6.07, 6.45) is 4.24. The Morgan fingerprint density at radius 1 is 1.18 bits per heavy atom. The van der Waals surface area contributed by atoms with Gasteiger partial charge in [0.2, 0.25) is 0 Å². The molecule has 0 aromatic rings. The van der Waals surface area contributed by atoms with Crippen molar-refractivity contribution < 1.29 is 5.11 Å². The maximum absolute atomic E-state index is 9.13. The van der Waals surface area contributed by atoms with Crippen LogP contribution in [-0.4, -0.2) is 11.2 Å². The van der Waals surface area contributed by atoms with Gasteiger partial charge in [-0.1, -0.05) is 19.8 Å². The van der Waals surface area contributed by atoms with Crippen LogP contribution in [0.1, 0.15) is 13.8 Å². The molecule has 0 rings (SSSR count). The van der Waals surface area contributed by atoms with E-state index in [9.17, 15) is 0 Å². The summed E-state index contributed by atoms with van der Waals surface area (Å²) in [5.41, 5.74) is 0. The quantitative estimate of drug-likeness (QED) is 0.538. The lowest BCUT2D eigenvalue weighted by Crippen LogP contribution is -2.10. The van der Waals surface area contributed by atoms with E-state index in [1.807, 2.05) is 13.8 Å². The van der Waals surface area contributed by atoms with Gasteiger partial charge in [0, 0.05) is 0 Å². The van der Waals surface area contributed by atoms with Crippen molar-refractivity contribution in [3.05, 3.63) is 0 Å². The smallest absolute Gasteiger partial charge is 0.118 e. The normalized spacial score (nSPS) is 10.1. The van der Waals surface area contributed by atoms with Crippen molar-refractivity contribution in [1.82, 2.24) is 0 Å². The minimum Gasteiger partial charge on any atom is -0.380 e. The molecule has 0 aromatic carbocycles. The summed E-state index contributed by atoms with van der Waals surface area (Å²) in [6.45, 7) is 3.77. The van der Waals surface area contributed by atoms with Gasteiger partial charge in [0.1, 0.15) is 6.10 Å². The van der Waals surface area contributed by atoms with Crippen LogP contribution < -0.4 is 0 Å². The van der Waals surface area contributed by atoms with E-state index in [0.717, 1.165) is 0 Å². The van der Waals surface area contributed by atoms with Crippen molar-refractivity contribution in [2.24, 2.45) is 5.92 Å². The van der Waals surface area contributed by atoms with Gasteiger partial charge in [0.25, 0.3) is 0 Å². The minimum atomic E-state index is -0.609. The fourth-order valence-corrected chi connectivity index (χ4v) is 0.344. The summed E-state index contributed by atoms with van der Waals surface area (Å²) in [5.74, 6) is 12.0. The molecule has 0 saturated carbocycles. The molecule has 0 unspecified atom stereocenters. The summed E-state index contributed by atoms with van der Waals surface area (Å²) in [7, 11) is 0. The third-order valence-electron chi connectivity index (χ3n) is 1.05. The summed E-state index contributed by atoms with van der Waals surface area (Å²) in [4.78, 5) is 0. The Balaban J connectivity index is 4.00. The first-order valence-electron chi connectivity index (χ1n) is 3.32. The molecule has 0 radical (unpaired) electrons. The fraction of sp³-hybridized carbons (Fsp3) is 0.400. The van der Waals surface area contributed by atoms with E-state index in [4.69, 9.17) is 11.5 Å². The Kier molecular flexibility index (Phi) is 4.76. The third-order valence-corrected chi connectivity index (χ3v) is 1.05. The highest BCUT2D eigenvalue weighted by Gasteiger charge is 2.02. The topological polar surface area (TPSA) is 20.2 Å². The molecule has 0 amide bonds. The first-order chi connectivity index (χ1) is 5.18. The van der Waals surface area contributed by atoms with Crippen LogP contribution in [0.4, 0.5) is 0 Å². The van der Waals surface area contributed by atoms with Crippen molar-refractivity contribution in [2.75, 3.05) is 0 Å². The number of hydrogen-bond acceptors (Lipinski definition) is 1. The summed E-state index contributed by atoms with van der Waals surface area (Å²) < 4.78 is 0. The first-order valence-corrected chi connectivity index (χ1v) is 3.32. The van der Waals surface area contributed by atoms with Crippen molar-refractivity contribution in [2.45, 2.75) is 20.0 Å². The van der Waals surface area contributed by atoms with Crippen molar-refractivity contribution >= 4 is 0 Å². The SMILES string of the molecule is C#CC#CC#C[C@@H](O)C(C)C. The Hall–Kier alpha value is -1.36. The van der Waals surface area contributed by atoms with E-state index >= 15 is 0 Å². The average molecular weight is 146 g/mol. The van der Waals surface area contributed by atoms with Gasteiger partial charge in [-0.2, -0.15) is 0 Å². The largest absolute Gasteiger partial charge is 0.380 e. The van der Waals surface area contributed by atoms with Gasteiger partial charge in [-0.15, -0.1) is 6.42 Å². The van der Waals surface area contributed by atoms with E-state index in [-0.39, 0.29) is 5.92 Å². The zero-order valence-corrected chi connectivity index (χ0v) is 6.68. The van der Waals surface area contributed by atoms with Gasteiger partial charge >= 0.3 is 0 Å². The van der Waals surface area contributed by atoms with E-state index in [2.05, 4.69) is 29.6 Å². The van der Waals surface area contributed by atoms with Crippen LogP contribution in [0.2, 0.25) is 0 Å². The molecule has 11 heavy (non-hydrogen) atoms. The molecule has 1 heteroatoms. The molecule has 0 aliphatic carbocycles. The molecule has 0 aliphatic rings. The van der Waals surface area contributed by atoms with Crippen LogP contribution >= 0.6 is 0 Å². The van der Waals surface area contributed by atoms with Gasteiger partial charge in [-0.05, 0) is 29.6 Å². The van der Waals surface area contributed by atoms with Crippen molar-refractivity contribution in [3.8, 4) is 36.0 Å². The standard InChI is InChI=1S/C10H10O/c1-4-5-6-7-8-10(11)9(2)3/h1,9-11H,2-3H3/t10-/m1/s1. The number of rotatable bonds is 1. The molecule has 0 bridgehead atoms. The number of aliphatic hydroxyl groups excluding tert-OH is 1. The fourth-order valence-electron chi connectivity index (χ4n) is 0.344. The molecule has 1 atom stereocenters. The zero-order valence-electron chi connectivity index (χ0n) is 6.68. The van der Waals surface area contributed by atoms with Crippen molar-refractivity contribution in [3.63, 3.8) is 0 Å². The van der Waals surface area contributed by atoms with Gasteiger partial charge in [-0.25, -0.2) is 0 Å².